The number of nitrogens with two attached hydrogens (primary N) is 1. The molecule has 0 aromatic heterocycles. The van der Waals surface area contributed by atoms with E-state index in [1.54, 1.807) is 7.11 Å². The van der Waals surface area contributed by atoms with Gasteiger partial charge in [-0.3, -0.25) is 0 Å². The molecular weight excluding hydrogens is 150 g/mol. The fourth-order valence-electron chi connectivity index (χ4n) is 1.02. The van der Waals surface area contributed by atoms with Crippen LogP contribution >= 0.6 is 0 Å². The van der Waals surface area contributed by atoms with Crippen LogP contribution in [0.5, 0.6) is 5.75 Å². The molecule has 1 aromatic rings. The Kier molecular flexibility index (Phi) is 3.11. The first kappa shape index (κ1) is 9.07. The second kappa shape index (κ2) is 4.12. The van der Waals surface area contributed by atoms with E-state index in [2.05, 4.69) is 0 Å². The van der Waals surface area contributed by atoms with Crippen LogP contribution in [-0.4, -0.2) is 7.11 Å². The van der Waals surface area contributed by atoms with E-state index in [0.717, 1.165) is 11.3 Å². The molecule has 1 atom stereocenters. The quantitative estimate of drug-likeness (QED) is 0.740. The molecule has 1 rings (SSSR count). The Hall–Kier alpha value is -1.02. The zero-order valence-corrected chi connectivity index (χ0v) is 7.45. The first-order chi connectivity index (χ1) is 5.77. The molecule has 0 fully saturated rings. The van der Waals surface area contributed by atoms with Crippen LogP contribution in [0.15, 0.2) is 24.3 Å². The van der Waals surface area contributed by atoms with Crippen molar-refractivity contribution < 1.29 is 4.74 Å². The number of methoxy groups -OCH3 is 1. The van der Waals surface area contributed by atoms with Gasteiger partial charge in [0.25, 0.3) is 0 Å². The minimum Gasteiger partial charge on any atom is -0.497 e. The van der Waals surface area contributed by atoms with Crippen molar-refractivity contribution in [2.75, 3.05) is 7.11 Å². The third-order valence-electron chi connectivity index (χ3n) is 1.86. The zero-order chi connectivity index (χ0) is 8.97. The highest BCUT2D eigenvalue weighted by atomic mass is 16.5. The summed E-state index contributed by atoms with van der Waals surface area (Å²) in [4.78, 5) is 0. The predicted octanol–water partition coefficient (Wildman–Crippen LogP) is 1.92. The van der Waals surface area contributed by atoms with Gasteiger partial charge in [0, 0.05) is 6.04 Å². The second-order valence-electron chi connectivity index (χ2n) is 2.63. The van der Waals surface area contributed by atoms with Crippen molar-refractivity contribution in [3.8, 4) is 5.75 Å². The molecule has 12 heavy (non-hydrogen) atoms. The minimum atomic E-state index is 0.0240. The van der Waals surface area contributed by atoms with Crippen LogP contribution in [0.4, 0.5) is 0 Å². The van der Waals surface area contributed by atoms with Crippen LogP contribution in [0.1, 0.15) is 18.5 Å². The van der Waals surface area contributed by atoms with Gasteiger partial charge in [0.2, 0.25) is 0 Å². The summed E-state index contributed by atoms with van der Waals surface area (Å²) in [7, 11) is 1.65. The highest BCUT2D eigenvalue weighted by Gasteiger charge is 2.01. The van der Waals surface area contributed by atoms with E-state index < -0.39 is 0 Å². The van der Waals surface area contributed by atoms with Crippen molar-refractivity contribution in [3.05, 3.63) is 36.2 Å². The topological polar surface area (TPSA) is 35.2 Å². The lowest BCUT2D eigenvalue weighted by molar-refractivity contribution is 0.414. The molecule has 0 saturated carbocycles. The molecule has 0 saturated heterocycles. The van der Waals surface area contributed by atoms with Crippen LogP contribution in [0, 0.1) is 6.42 Å². The number of ether oxygens (including phenoxy) is 1. The molecule has 1 aromatic carbocycles. The van der Waals surface area contributed by atoms with Gasteiger partial charge in [-0.05, 0) is 24.1 Å². The maximum atomic E-state index is 5.79. The molecule has 1 unspecified atom stereocenters. The van der Waals surface area contributed by atoms with Gasteiger partial charge in [-0.25, -0.2) is 0 Å². The van der Waals surface area contributed by atoms with Crippen molar-refractivity contribution in [2.45, 2.75) is 13.0 Å². The maximum absolute atomic E-state index is 5.79. The molecule has 0 aliphatic carbocycles. The van der Waals surface area contributed by atoms with Gasteiger partial charge in [-0.1, -0.05) is 19.1 Å². The fraction of sp³-hybridized carbons (Fsp3) is 0.300. The van der Waals surface area contributed by atoms with E-state index in [9.17, 15) is 0 Å². The van der Waals surface area contributed by atoms with Gasteiger partial charge in [0.05, 0.1) is 7.11 Å². The fourth-order valence-corrected chi connectivity index (χ4v) is 1.02. The van der Waals surface area contributed by atoms with Crippen molar-refractivity contribution in [1.29, 1.82) is 0 Å². The third-order valence-corrected chi connectivity index (χ3v) is 1.86. The van der Waals surface area contributed by atoms with Crippen molar-refractivity contribution >= 4 is 0 Å². The Balaban J connectivity index is 2.77. The Morgan fingerprint density at radius 2 is 1.92 bits per heavy atom. The van der Waals surface area contributed by atoms with Crippen molar-refractivity contribution in [3.63, 3.8) is 0 Å². The standard InChI is InChI=1S/C10H14NO/c1-3-10(11)8-4-6-9(12-2)7-5-8/h3-7,10H,11H2,1-2H3. The predicted molar refractivity (Wildman–Crippen MR) is 49.9 cm³/mol. The molecule has 0 bridgehead atoms. The lowest BCUT2D eigenvalue weighted by Crippen LogP contribution is -2.08. The number of hydrogen-bond donors (Lipinski definition) is 1. The number of hydrogen-bond acceptors (Lipinski definition) is 2. The second-order valence-corrected chi connectivity index (χ2v) is 2.63. The van der Waals surface area contributed by atoms with Crippen molar-refractivity contribution in [2.24, 2.45) is 5.73 Å². The van der Waals surface area contributed by atoms with Gasteiger partial charge >= 0.3 is 0 Å². The zero-order valence-electron chi connectivity index (χ0n) is 7.45. The molecule has 0 aliphatic heterocycles. The van der Waals surface area contributed by atoms with Gasteiger partial charge in [-0.15, -0.1) is 0 Å². The van der Waals surface area contributed by atoms with E-state index in [0.29, 0.717) is 0 Å². The van der Waals surface area contributed by atoms with E-state index in [1.165, 1.54) is 0 Å². The lowest BCUT2D eigenvalue weighted by Gasteiger charge is -2.08. The molecule has 0 heterocycles. The monoisotopic (exact) mass is 164 g/mol. The largest absolute Gasteiger partial charge is 0.497 e. The molecule has 2 nitrogen and oxygen atoms in total. The SMILES string of the molecule is C[CH]C(N)c1ccc(OC)cc1. The Bertz CT molecular complexity index is 230. The van der Waals surface area contributed by atoms with Gasteiger partial charge < -0.3 is 10.5 Å². The average molecular weight is 164 g/mol. The smallest absolute Gasteiger partial charge is 0.118 e. The summed E-state index contributed by atoms with van der Waals surface area (Å²) in [5.74, 6) is 0.863. The summed E-state index contributed by atoms with van der Waals surface area (Å²) in [6.07, 6.45) is 1.96. The normalized spacial score (nSPS) is 12.6. The van der Waals surface area contributed by atoms with E-state index in [-0.39, 0.29) is 6.04 Å². The summed E-state index contributed by atoms with van der Waals surface area (Å²) in [5, 5.41) is 0. The summed E-state index contributed by atoms with van der Waals surface area (Å²) in [5.41, 5.74) is 6.90. The van der Waals surface area contributed by atoms with Gasteiger partial charge in [0.1, 0.15) is 5.75 Å². The third kappa shape index (κ3) is 1.98. The molecule has 2 N–H and O–H groups in total. The summed E-state index contributed by atoms with van der Waals surface area (Å²) in [6, 6.07) is 7.81. The summed E-state index contributed by atoms with van der Waals surface area (Å²) in [6.45, 7) is 1.95. The Morgan fingerprint density at radius 1 is 1.33 bits per heavy atom. The first-order valence-corrected chi connectivity index (χ1v) is 3.97. The first-order valence-electron chi connectivity index (χ1n) is 3.97. The van der Waals surface area contributed by atoms with Gasteiger partial charge in [-0.2, -0.15) is 0 Å². The van der Waals surface area contributed by atoms with Gasteiger partial charge in [0.15, 0.2) is 0 Å². The number of benzene rings is 1. The summed E-state index contributed by atoms with van der Waals surface area (Å²) < 4.78 is 5.03. The molecule has 1 radical (unpaired) electrons. The highest BCUT2D eigenvalue weighted by molar-refractivity contribution is 5.29. The van der Waals surface area contributed by atoms with E-state index in [4.69, 9.17) is 10.5 Å². The minimum absolute atomic E-state index is 0.0240. The average Bonchev–Trinajstić information content (AvgIpc) is 2.17. The molecule has 2 heteroatoms. The Labute approximate surface area is 73.3 Å². The van der Waals surface area contributed by atoms with Crippen LogP contribution in [0.25, 0.3) is 0 Å². The molecule has 0 spiro atoms. The molecular formula is C10H14NO. The number of rotatable bonds is 3. The summed E-state index contributed by atoms with van der Waals surface area (Å²) >= 11 is 0. The van der Waals surface area contributed by atoms with E-state index >= 15 is 0 Å². The maximum Gasteiger partial charge on any atom is 0.118 e. The lowest BCUT2D eigenvalue weighted by atomic mass is 10.1. The van der Waals surface area contributed by atoms with Crippen LogP contribution in [-0.2, 0) is 0 Å². The highest BCUT2D eigenvalue weighted by Crippen LogP contribution is 2.16. The molecule has 0 aliphatic rings. The van der Waals surface area contributed by atoms with E-state index in [1.807, 2.05) is 37.6 Å². The van der Waals surface area contributed by atoms with Crippen molar-refractivity contribution in [1.82, 2.24) is 0 Å². The van der Waals surface area contributed by atoms with Crippen LogP contribution < -0.4 is 10.5 Å². The Morgan fingerprint density at radius 3 is 2.33 bits per heavy atom. The molecule has 0 amide bonds. The van der Waals surface area contributed by atoms with Crippen LogP contribution in [0.2, 0.25) is 0 Å². The molecule has 65 valence electrons. The van der Waals surface area contributed by atoms with Crippen LogP contribution in [0.3, 0.4) is 0 Å².